The Morgan fingerprint density at radius 3 is 2.76 bits per heavy atom. The van der Waals surface area contributed by atoms with Gasteiger partial charge in [0.2, 0.25) is 0 Å². The number of aromatic nitrogens is 4. The van der Waals surface area contributed by atoms with Crippen LogP contribution >= 0.6 is 0 Å². The van der Waals surface area contributed by atoms with Gasteiger partial charge in [0.15, 0.2) is 5.82 Å². The second kappa shape index (κ2) is 8.91. The quantitative estimate of drug-likeness (QED) is 0.662. The van der Waals surface area contributed by atoms with E-state index in [2.05, 4.69) is 20.8 Å². The molecule has 0 spiro atoms. The summed E-state index contributed by atoms with van der Waals surface area (Å²) in [6, 6.07) is 9.98. The van der Waals surface area contributed by atoms with Crippen LogP contribution in [0.1, 0.15) is 35.6 Å². The van der Waals surface area contributed by atoms with Gasteiger partial charge in [0.25, 0.3) is 5.91 Å². The molecule has 1 atom stereocenters. The smallest absolute Gasteiger partial charge is 0.251 e. The summed E-state index contributed by atoms with van der Waals surface area (Å²) >= 11 is 0. The highest BCUT2D eigenvalue weighted by atomic mass is 19.1. The van der Waals surface area contributed by atoms with E-state index in [1.165, 1.54) is 6.07 Å². The molecule has 1 aromatic heterocycles. The molecule has 0 bridgehead atoms. The molecule has 3 aromatic rings. The van der Waals surface area contributed by atoms with E-state index in [0.717, 1.165) is 5.56 Å². The third kappa shape index (κ3) is 4.65. The Labute approximate surface area is 168 Å². The first-order chi connectivity index (χ1) is 13.9. The monoisotopic (exact) mass is 397 g/mol. The fourth-order valence-electron chi connectivity index (χ4n) is 3.10. The predicted octanol–water partition coefficient (Wildman–Crippen LogP) is 3.10. The molecule has 0 aliphatic rings. The topological polar surface area (TPSA) is 81.9 Å². The van der Waals surface area contributed by atoms with Gasteiger partial charge in [-0.15, -0.1) is 5.10 Å². The fourth-order valence-corrected chi connectivity index (χ4v) is 3.10. The van der Waals surface area contributed by atoms with Crippen molar-refractivity contribution in [3.63, 3.8) is 0 Å². The van der Waals surface area contributed by atoms with Gasteiger partial charge in [-0.1, -0.05) is 19.1 Å². The van der Waals surface area contributed by atoms with E-state index in [4.69, 9.17) is 4.74 Å². The lowest BCUT2D eigenvalue weighted by Gasteiger charge is -2.15. The number of nitrogens with one attached hydrogen (secondary N) is 1. The largest absolute Gasteiger partial charge is 0.383 e. The fraction of sp³-hybridized carbons (Fsp3) is 0.333. The summed E-state index contributed by atoms with van der Waals surface area (Å²) in [5.74, 6) is 0.00983. The molecule has 152 valence electrons. The Balaban J connectivity index is 2.10. The zero-order valence-corrected chi connectivity index (χ0v) is 16.9. The molecule has 7 nitrogen and oxygen atoms in total. The number of carbonyl (C=O) groups is 1. The summed E-state index contributed by atoms with van der Waals surface area (Å²) in [6.07, 6.45) is 0.614. The van der Waals surface area contributed by atoms with E-state index < -0.39 is 0 Å². The van der Waals surface area contributed by atoms with Crippen LogP contribution in [-0.4, -0.2) is 45.9 Å². The third-order valence-electron chi connectivity index (χ3n) is 4.50. The van der Waals surface area contributed by atoms with Crippen LogP contribution in [0.2, 0.25) is 0 Å². The van der Waals surface area contributed by atoms with Gasteiger partial charge in [-0.2, -0.15) is 4.68 Å². The van der Waals surface area contributed by atoms with Crippen molar-refractivity contribution in [2.75, 3.05) is 13.7 Å². The van der Waals surface area contributed by atoms with Crippen molar-refractivity contribution in [3.05, 3.63) is 59.2 Å². The second-order valence-corrected chi connectivity index (χ2v) is 6.94. The van der Waals surface area contributed by atoms with E-state index in [1.807, 2.05) is 26.8 Å². The molecule has 0 aliphatic heterocycles. The first-order valence-corrected chi connectivity index (χ1v) is 9.42. The molecule has 0 aliphatic carbocycles. The molecule has 1 amide bonds. The summed E-state index contributed by atoms with van der Waals surface area (Å²) in [4.78, 5) is 12.8. The van der Waals surface area contributed by atoms with Crippen LogP contribution in [0.4, 0.5) is 4.39 Å². The normalized spacial score (nSPS) is 12.0. The highest BCUT2D eigenvalue weighted by Gasteiger charge is 2.16. The number of aryl methyl sites for hydroxylation is 2. The lowest BCUT2D eigenvalue weighted by molar-refractivity contribution is 0.0905. The average Bonchev–Trinajstić information content (AvgIpc) is 3.16. The Hall–Kier alpha value is -3.13. The average molecular weight is 397 g/mol. The van der Waals surface area contributed by atoms with Crippen molar-refractivity contribution in [1.29, 1.82) is 0 Å². The minimum absolute atomic E-state index is 0.171. The van der Waals surface area contributed by atoms with Crippen molar-refractivity contribution in [2.24, 2.45) is 0 Å². The summed E-state index contributed by atoms with van der Waals surface area (Å²) in [5.41, 5.74) is 2.78. The van der Waals surface area contributed by atoms with Crippen LogP contribution in [0.25, 0.3) is 16.8 Å². The van der Waals surface area contributed by atoms with Gasteiger partial charge in [0, 0.05) is 30.7 Å². The van der Waals surface area contributed by atoms with Crippen molar-refractivity contribution in [2.45, 2.75) is 33.2 Å². The van der Waals surface area contributed by atoms with Crippen LogP contribution < -0.4 is 5.32 Å². The highest BCUT2D eigenvalue weighted by Crippen LogP contribution is 2.27. The van der Waals surface area contributed by atoms with Gasteiger partial charge in [0.05, 0.1) is 12.3 Å². The molecule has 0 radical (unpaired) electrons. The maximum atomic E-state index is 14.6. The van der Waals surface area contributed by atoms with E-state index in [0.29, 0.717) is 41.2 Å². The molecule has 3 rings (SSSR count). The molecular formula is C21H24FN5O2. The number of nitrogens with zero attached hydrogens (tertiary/aromatic N) is 4. The zero-order valence-electron chi connectivity index (χ0n) is 16.9. The van der Waals surface area contributed by atoms with Crippen molar-refractivity contribution in [3.8, 4) is 16.8 Å². The Morgan fingerprint density at radius 2 is 2.07 bits per heavy atom. The van der Waals surface area contributed by atoms with Crippen molar-refractivity contribution >= 4 is 5.91 Å². The number of hydrogen-bond acceptors (Lipinski definition) is 5. The first-order valence-electron chi connectivity index (χ1n) is 9.42. The number of carbonyl (C=O) groups excluding carboxylic acids is 1. The Kier molecular flexibility index (Phi) is 6.33. The highest BCUT2D eigenvalue weighted by molar-refractivity contribution is 5.96. The van der Waals surface area contributed by atoms with Crippen LogP contribution in [0.3, 0.4) is 0 Å². The maximum Gasteiger partial charge on any atom is 0.251 e. The van der Waals surface area contributed by atoms with Gasteiger partial charge in [0.1, 0.15) is 5.82 Å². The standard InChI is InChI=1S/C21H24FN5O2/c1-5-20-24-25-26-27(20)17-10-15(18-7-6-13(2)8-19(18)22)9-16(11-17)21(28)23-14(3)12-29-4/h6-11,14H,5,12H2,1-4H3,(H,23,28)/t14-/m1/s1. The number of ether oxygens (including phenoxy) is 1. The molecule has 2 aromatic carbocycles. The minimum atomic E-state index is -0.353. The summed E-state index contributed by atoms with van der Waals surface area (Å²) < 4.78 is 21.3. The molecular weight excluding hydrogens is 373 g/mol. The maximum absolute atomic E-state index is 14.6. The lowest BCUT2D eigenvalue weighted by atomic mass is 9.99. The molecule has 0 saturated heterocycles. The van der Waals surface area contributed by atoms with Gasteiger partial charge < -0.3 is 10.1 Å². The first kappa shape index (κ1) is 20.6. The lowest BCUT2D eigenvalue weighted by Crippen LogP contribution is -2.35. The minimum Gasteiger partial charge on any atom is -0.383 e. The number of benzene rings is 2. The van der Waals surface area contributed by atoms with E-state index in [1.54, 1.807) is 36.1 Å². The molecule has 0 saturated carbocycles. The number of hydrogen-bond donors (Lipinski definition) is 1. The predicted molar refractivity (Wildman–Crippen MR) is 107 cm³/mol. The van der Waals surface area contributed by atoms with Gasteiger partial charge in [-0.05, 0) is 59.7 Å². The van der Waals surface area contributed by atoms with Gasteiger partial charge >= 0.3 is 0 Å². The van der Waals surface area contributed by atoms with Crippen molar-refractivity contribution in [1.82, 2.24) is 25.5 Å². The third-order valence-corrected chi connectivity index (χ3v) is 4.50. The Morgan fingerprint density at radius 1 is 1.28 bits per heavy atom. The molecule has 8 heteroatoms. The number of halogens is 1. The van der Waals surface area contributed by atoms with Crippen LogP contribution in [0.5, 0.6) is 0 Å². The summed E-state index contributed by atoms with van der Waals surface area (Å²) in [5, 5.41) is 14.6. The number of amides is 1. The molecule has 0 unspecified atom stereocenters. The SMILES string of the molecule is CCc1nnnn1-c1cc(C(=O)N[C@H](C)COC)cc(-c2ccc(C)cc2F)c1. The van der Waals surface area contributed by atoms with Crippen LogP contribution in [0.15, 0.2) is 36.4 Å². The summed E-state index contributed by atoms with van der Waals surface area (Å²) in [7, 11) is 1.57. The number of rotatable bonds is 7. The second-order valence-electron chi connectivity index (χ2n) is 6.94. The van der Waals surface area contributed by atoms with E-state index >= 15 is 0 Å². The van der Waals surface area contributed by atoms with Gasteiger partial charge in [-0.25, -0.2) is 4.39 Å². The van der Waals surface area contributed by atoms with E-state index in [9.17, 15) is 9.18 Å². The number of tetrazole rings is 1. The van der Waals surface area contributed by atoms with Gasteiger partial charge in [-0.3, -0.25) is 4.79 Å². The summed E-state index contributed by atoms with van der Waals surface area (Å²) in [6.45, 7) is 6.00. The Bertz CT molecular complexity index is 1020. The van der Waals surface area contributed by atoms with Crippen LogP contribution in [-0.2, 0) is 11.2 Å². The molecule has 1 heterocycles. The molecule has 0 fully saturated rings. The number of methoxy groups -OCH3 is 1. The zero-order chi connectivity index (χ0) is 21.0. The van der Waals surface area contributed by atoms with E-state index in [-0.39, 0.29) is 17.8 Å². The molecule has 29 heavy (non-hydrogen) atoms. The van der Waals surface area contributed by atoms with Crippen molar-refractivity contribution < 1.29 is 13.9 Å². The molecule has 1 N–H and O–H groups in total. The van der Waals surface area contributed by atoms with Crippen LogP contribution in [0, 0.1) is 12.7 Å².